The van der Waals surface area contributed by atoms with Gasteiger partial charge in [0.2, 0.25) is 0 Å². The summed E-state index contributed by atoms with van der Waals surface area (Å²) in [6.45, 7) is 0. The van der Waals surface area contributed by atoms with Crippen LogP contribution in [0, 0.1) is 6.20 Å². The Labute approximate surface area is 64.5 Å². The van der Waals surface area contributed by atoms with Gasteiger partial charge in [-0.3, -0.25) is 4.98 Å². The van der Waals surface area contributed by atoms with E-state index in [0.29, 0.717) is 5.15 Å². The van der Waals surface area contributed by atoms with E-state index in [0.717, 1.165) is 0 Å². The molecule has 1 rings (SSSR count). The molecule has 36 valence electrons. The van der Waals surface area contributed by atoms with Gasteiger partial charge in [-0.2, -0.15) is 0 Å². The summed E-state index contributed by atoms with van der Waals surface area (Å²) in [5.41, 5.74) is 0. The predicted molar refractivity (Wildman–Crippen MR) is 25.9 cm³/mol. The van der Waals surface area contributed by atoms with Crippen LogP contribution in [0.5, 0.6) is 0 Å². The monoisotopic (exact) mass is 120 g/mol. The molecule has 1 aromatic rings. The molecular weight excluding hydrogens is 118 g/mol. The van der Waals surface area contributed by atoms with Crippen molar-refractivity contribution >= 4 is 11.6 Å². The Balaban J connectivity index is 0.000000490. The molecule has 0 saturated heterocycles. The van der Waals surface area contributed by atoms with Gasteiger partial charge < -0.3 is 4.98 Å². The molecule has 4 heteroatoms. The van der Waals surface area contributed by atoms with Crippen molar-refractivity contribution in [1.82, 2.24) is 9.97 Å². The fourth-order valence-corrected chi connectivity index (χ4v) is 0.357. The zero-order chi connectivity index (χ0) is 5.11. The molecule has 0 amide bonds. The molecule has 0 bridgehead atoms. The van der Waals surface area contributed by atoms with Gasteiger partial charge in [0.05, 0.1) is 5.15 Å². The molecule has 0 unspecified atom stereocenters. The zero-order valence-electron chi connectivity index (χ0n) is 4.43. The summed E-state index contributed by atoms with van der Waals surface area (Å²) in [6.07, 6.45) is 5.47. The van der Waals surface area contributed by atoms with E-state index in [2.05, 4.69) is 16.2 Å². The summed E-state index contributed by atoms with van der Waals surface area (Å²) in [5.74, 6) is 0. The third kappa shape index (κ3) is 2.32. The van der Waals surface area contributed by atoms with Crippen molar-refractivity contribution in [2.45, 2.75) is 0 Å². The van der Waals surface area contributed by atoms with Gasteiger partial charge in [0, 0.05) is 0 Å². The van der Waals surface area contributed by atoms with Crippen LogP contribution in [0.3, 0.4) is 0 Å². The van der Waals surface area contributed by atoms with Crippen molar-refractivity contribution in [3.8, 4) is 0 Å². The molecule has 0 N–H and O–H groups in total. The van der Waals surface area contributed by atoms with Gasteiger partial charge in [-0.1, -0.05) is 11.6 Å². The van der Waals surface area contributed by atoms with Crippen LogP contribution in [0.15, 0.2) is 12.4 Å². The standard InChI is InChI=1S/C4H2ClN2.Li/c5-4-3-6-1-2-7-4;/h1-2H;/q-1;+1. The van der Waals surface area contributed by atoms with E-state index in [1.807, 2.05) is 0 Å². The van der Waals surface area contributed by atoms with Crippen LogP contribution in [0.25, 0.3) is 0 Å². The Morgan fingerprint density at radius 1 is 1.50 bits per heavy atom. The van der Waals surface area contributed by atoms with E-state index >= 15 is 0 Å². The minimum atomic E-state index is 0. The van der Waals surface area contributed by atoms with E-state index < -0.39 is 0 Å². The number of aromatic nitrogens is 2. The average Bonchev–Trinajstić information content (AvgIpc) is 1.69. The fraction of sp³-hybridized carbons (Fsp3) is 0. The van der Waals surface area contributed by atoms with Gasteiger partial charge in [-0.25, -0.2) is 0 Å². The summed E-state index contributed by atoms with van der Waals surface area (Å²) in [7, 11) is 0. The molecule has 1 aromatic heterocycles. The predicted octanol–water partition coefficient (Wildman–Crippen LogP) is -2.07. The van der Waals surface area contributed by atoms with Crippen LogP contribution < -0.4 is 18.9 Å². The second kappa shape index (κ2) is 3.91. The summed E-state index contributed by atoms with van der Waals surface area (Å²) in [6, 6.07) is 0. The molecule has 8 heavy (non-hydrogen) atoms. The Morgan fingerprint density at radius 2 is 2.25 bits per heavy atom. The Hall–Kier alpha value is -0.0326. The van der Waals surface area contributed by atoms with Crippen molar-refractivity contribution in [1.29, 1.82) is 0 Å². The van der Waals surface area contributed by atoms with Crippen molar-refractivity contribution in [3.05, 3.63) is 23.7 Å². The number of rotatable bonds is 0. The first kappa shape index (κ1) is 7.97. The molecular formula is C4H2ClLiN2. The van der Waals surface area contributed by atoms with Crippen molar-refractivity contribution in [2.75, 3.05) is 0 Å². The largest absolute Gasteiger partial charge is 1.00 e. The molecule has 2 nitrogen and oxygen atoms in total. The minimum Gasteiger partial charge on any atom is -0.455 e. The van der Waals surface area contributed by atoms with Crippen molar-refractivity contribution in [2.24, 2.45) is 0 Å². The Bertz CT molecular complexity index is 144. The maximum absolute atomic E-state index is 5.31. The smallest absolute Gasteiger partial charge is 0.455 e. The van der Waals surface area contributed by atoms with Crippen LogP contribution in [-0.4, -0.2) is 9.97 Å². The first-order valence-electron chi connectivity index (χ1n) is 1.74. The quantitative estimate of drug-likeness (QED) is 0.291. The van der Waals surface area contributed by atoms with Gasteiger partial charge in [-0.05, 0) is 6.20 Å². The first-order valence-corrected chi connectivity index (χ1v) is 2.11. The van der Waals surface area contributed by atoms with Crippen molar-refractivity contribution in [3.63, 3.8) is 0 Å². The third-order valence-corrected chi connectivity index (χ3v) is 0.668. The normalized spacial score (nSPS) is 7.62. The maximum Gasteiger partial charge on any atom is 1.00 e. The van der Waals surface area contributed by atoms with Gasteiger partial charge in [-0.15, -0.1) is 12.4 Å². The van der Waals surface area contributed by atoms with Gasteiger partial charge in [0.15, 0.2) is 0 Å². The van der Waals surface area contributed by atoms with E-state index in [1.54, 1.807) is 0 Å². The van der Waals surface area contributed by atoms with Crippen LogP contribution in [-0.2, 0) is 0 Å². The Morgan fingerprint density at radius 3 is 2.50 bits per heavy atom. The summed E-state index contributed by atoms with van der Waals surface area (Å²) in [5, 5.41) is 0.308. The second-order valence-corrected chi connectivity index (χ2v) is 1.32. The van der Waals surface area contributed by atoms with Crippen LogP contribution in [0.2, 0.25) is 5.15 Å². The van der Waals surface area contributed by atoms with E-state index in [4.69, 9.17) is 11.6 Å². The molecule has 0 spiro atoms. The van der Waals surface area contributed by atoms with E-state index in [-0.39, 0.29) is 18.9 Å². The summed E-state index contributed by atoms with van der Waals surface area (Å²) in [4.78, 5) is 7.19. The molecule has 0 fully saturated rings. The molecule has 0 saturated carbocycles. The number of hydrogen-bond donors (Lipinski definition) is 0. The first-order chi connectivity index (χ1) is 3.39. The average molecular weight is 120 g/mol. The summed E-state index contributed by atoms with van der Waals surface area (Å²) >= 11 is 5.31. The zero-order valence-corrected chi connectivity index (χ0v) is 5.18. The van der Waals surface area contributed by atoms with E-state index in [9.17, 15) is 0 Å². The maximum atomic E-state index is 5.31. The minimum absolute atomic E-state index is 0. The third-order valence-electron chi connectivity index (χ3n) is 0.486. The number of nitrogens with zero attached hydrogens (tertiary/aromatic N) is 2. The molecule has 0 aliphatic rings. The molecule has 1 heterocycles. The summed E-state index contributed by atoms with van der Waals surface area (Å²) < 4.78 is 0. The molecule has 0 atom stereocenters. The fourth-order valence-electron chi connectivity index (χ4n) is 0.252. The van der Waals surface area contributed by atoms with Crippen LogP contribution >= 0.6 is 11.6 Å². The van der Waals surface area contributed by atoms with Gasteiger partial charge in [0.1, 0.15) is 0 Å². The molecule has 0 aliphatic heterocycles. The number of hydrogen-bond acceptors (Lipinski definition) is 2. The topological polar surface area (TPSA) is 25.8 Å². The van der Waals surface area contributed by atoms with Crippen LogP contribution in [0.1, 0.15) is 0 Å². The van der Waals surface area contributed by atoms with Crippen molar-refractivity contribution < 1.29 is 18.9 Å². The molecule has 0 aromatic carbocycles. The van der Waals surface area contributed by atoms with Gasteiger partial charge in [0.25, 0.3) is 0 Å². The second-order valence-electron chi connectivity index (χ2n) is 0.959. The SMILES string of the molecule is Clc1[c-]nccn1.[Li+]. The number of halogens is 1. The Kier molecular flexibility index (Phi) is 3.89. The van der Waals surface area contributed by atoms with E-state index in [1.165, 1.54) is 12.4 Å². The molecule has 0 aliphatic carbocycles. The van der Waals surface area contributed by atoms with Gasteiger partial charge >= 0.3 is 18.9 Å². The molecule has 0 radical (unpaired) electrons. The van der Waals surface area contributed by atoms with Crippen LogP contribution in [0.4, 0.5) is 0 Å².